The molecule has 2 aliphatic heterocycles. The van der Waals surface area contributed by atoms with Crippen LogP contribution >= 0.6 is 22.7 Å². The molecule has 2 N–H and O–H groups in total. The van der Waals surface area contributed by atoms with E-state index < -0.39 is 11.8 Å². The summed E-state index contributed by atoms with van der Waals surface area (Å²) in [7, 11) is 0. The van der Waals surface area contributed by atoms with Crippen LogP contribution in [0.2, 0.25) is 0 Å². The Morgan fingerprint density at radius 2 is 1.98 bits per heavy atom. The molecular formula is C34H32FN7O3S2. The van der Waals surface area contributed by atoms with Crippen LogP contribution in [0.4, 0.5) is 26.3 Å². The van der Waals surface area contributed by atoms with Gasteiger partial charge in [-0.2, -0.15) is 0 Å². The van der Waals surface area contributed by atoms with Crippen LogP contribution in [0.25, 0.3) is 10.2 Å². The molecule has 10 nitrogen and oxygen atoms in total. The van der Waals surface area contributed by atoms with E-state index in [2.05, 4.69) is 42.2 Å². The number of carboxylic acids is 1. The van der Waals surface area contributed by atoms with Crippen LogP contribution in [0.1, 0.15) is 51.3 Å². The summed E-state index contributed by atoms with van der Waals surface area (Å²) in [4.78, 5) is 26.2. The molecule has 0 amide bonds. The fourth-order valence-electron chi connectivity index (χ4n) is 5.61. The Balaban J connectivity index is 1.01. The second-order valence-corrected chi connectivity index (χ2v) is 13.5. The first-order valence-electron chi connectivity index (χ1n) is 15.6. The molecule has 240 valence electrons. The summed E-state index contributed by atoms with van der Waals surface area (Å²) in [6.07, 6.45) is 3.82. The maximum Gasteiger partial charge on any atom is 0.355 e. The van der Waals surface area contributed by atoms with E-state index >= 15 is 0 Å². The molecule has 2 aromatic carbocycles. The van der Waals surface area contributed by atoms with Gasteiger partial charge in [0.15, 0.2) is 39.2 Å². The van der Waals surface area contributed by atoms with Crippen molar-refractivity contribution in [2.45, 2.75) is 39.0 Å². The number of thiazole rings is 2. The number of nitrogens with zero attached hydrogens (tertiary/aromatic N) is 6. The molecule has 2 aliphatic rings. The Kier molecular flexibility index (Phi) is 8.97. The van der Waals surface area contributed by atoms with Gasteiger partial charge in [-0.05, 0) is 69.4 Å². The summed E-state index contributed by atoms with van der Waals surface area (Å²) in [5.74, 6) is 6.03. The fourth-order valence-corrected chi connectivity index (χ4v) is 7.59. The number of hydrogen-bond acceptors (Lipinski definition) is 11. The molecule has 0 spiro atoms. The van der Waals surface area contributed by atoms with Crippen LogP contribution in [-0.4, -0.2) is 68.9 Å². The molecule has 0 radical (unpaired) electrons. The Morgan fingerprint density at radius 1 is 1.11 bits per heavy atom. The van der Waals surface area contributed by atoms with E-state index in [0.29, 0.717) is 53.1 Å². The molecule has 0 atom stereocenters. The quantitative estimate of drug-likeness (QED) is 0.125. The van der Waals surface area contributed by atoms with Crippen molar-refractivity contribution in [2.75, 3.05) is 43.0 Å². The van der Waals surface area contributed by atoms with E-state index in [1.807, 2.05) is 36.1 Å². The van der Waals surface area contributed by atoms with Gasteiger partial charge >= 0.3 is 5.97 Å². The van der Waals surface area contributed by atoms with Crippen molar-refractivity contribution in [1.82, 2.24) is 25.1 Å². The molecule has 0 aliphatic carbocycles. The summed E-state index contributed by atoms with van der Waals surface area (Å²) >= 11 is 2.89. The molecule has 1 fully saturated rings. The molecule has 47 heavy (non-hydrogen) atoms. The third kappa shape index (κ3) is 6.76. The zero-order valence-corrected chi connectivity index (χ0v) is 27.4. The number of ether oxygens (including phenoxy) is 1. The van der Waals surface area contributed by atoms with Gasteiger partial charge in [0.1, 0.15) is 0 Å². The average molecular weight is 670 g/mol. The van der Waals surface area contributed by atoms with E-state index in [-0.39, 0.29) is 18.1 Å². The molecule has 13 heteroatoms. The Labute approximate surface area is 279 Å². The third-order valence-corrected chi connectivity index (χ3v) is 10.3. The SMILES string of the molecule is Cc1c(Nc2nc3ccccc3s2)nnc2c1CCCN2c1nc(C(=O)O)c(CCCOc2ccc(C#CCN3CCC3)cc2F)s1. The number of anilines is 4. The number of hydrogen-bond donors (Lipinski definition) is 2. The van der Waals surface area contributed by atoms with E-state index in [1.165, 1.54) is 23.8 Å². The maximum atomic E-state index is 14.7. The van der Waals surface area contributed by atoms with Gasteiger partial charge in [0, 0.05) is 41.2 Å². The van der Waals surface area contributed by atoms with Gasteiger partial charge in [0.05, 0.1) is 23.4 Å². The van der Waals surface area contributed by atoms with Crippen molar-refractivity contribution >= 4 is 60.8 Å². The lowest BCUT2D eigenvalue weighted by Crippen LogP contribution is -2.37. The third-order valence-electron chi connectivity index (χ3n) is 8.25. The predicted octanol–water partition coefficient (Wildman–Crippen LogP) is 6.59. The van der Waals surface area contributed by atoms with Crippen molar-refractivity contribution < 1.29 is 19.0 Å². The number of aromatic nitrogens is 4. The molecule has 5 aromatic rings. The van der Waals surface area contributed by atoms with E-state index in [4.69, 9.17) is 4.74 Å². The van der Waals surface area contributed by atoms with Crippen molar-refractivity contribution in [3.8, 4) is 17.6 Å². The summed E-state index contributed by atoms with van der Waals surface area (Å²) in [5, 5.41) is 23.7. The highest BCUT2D eigenvalue weighted by atomic mass is 32.1. The number of para-hydroxylation sites is 1. The molecule has 1 saturated heterocycles. The number of rotatable bonds is 10. The molecular weight excluding hydrogens is 638 g/mol. The van der Waals surface area contributed by atoms with Gasteiger partial charge in [-0.1, -0.05) is 35.3 Å². The van der Waals surface area contributed by atoms with Crippen molar-refractivity contribution in [2.24, 2.45) is 0 Å². The molecule has 0 bridgehead atoms. The van der Waals surface area contributed by atoms with E-state index in [9.17, 15) is 14.3 Å². The zero-order valence-electron chi connectivity index (χ0n) is 25.8. The van der Waals surface area contributed by atoms with Crippen molar-refractivity contribution in [3.63, 3.8) is 0 Å². The smallest absolute Gasteiger partial charge is 0.355 e. The lowest BCUT2D eigenvalue weighted by Gasteiger charge is -2.28. The van der Waals surface area contributed by atoms with Crippen LogP contribution in [0.3, 0.4) is 0 Å². The minimum atomic E-state index is -1.09. The number of fused-ring (bicyclic) bond motifs is 2. The van der Waals surface area contributed by atoms with E-state index in [1.54, 1.807) is 23.5 Å². The second kappa shape index (κ2) is 13.6. The number of nitrogens with one attached hydrogen (secondary N) is 1. The van der Waals surface area contributed by atoms with Gasteiger partial charge < -0.3 is 20.1 Å². The molecule has 0 unspecified atom stereocenters. The van der Waals surface area contributed by atoms with Crippen molar-refractivity contribution in [1.29, 1.82) is 0 Å². The normalized spacial score (nSPS) is 14.3. The minimum Gasteiger partial charge on any atom is -0.491 e. The standard InChI is InChI=1S/C34H32FN7O3S2/c1-21-23-9-5-18-42(31(23)40-39-30(21)38-33-36-25-10-2-3-11-27(25)46-33)34-37-29(32(43)44)28(47-34)12-6-19-45-26-14-13-22(20-24(26)35)8-4-15-41-16-7-17-41/h2-3,10-11,13-14,20H,5-7,9,12,15-19H2,1H3,(H,43,44)(H,36,38,39). The Bertz CT molecular complexity index is 1980. The lowest BCUT2D eigenvalue weighted by molar-refractivity contribution is 0.0690. The van der Waals surface area contributed by atoms with Crippen LogP contribution in [0, 0.1) is 24.6 Å². The number of aryl methyl sites for hydroxylation is 1. The highest BCUT2D eigenvalue weighted by Gasteiger charge is 2.28. The predicted molar refractivity (Wildman–Crippen MR) is 182 cm³/mol. The van der Waals surface area contributed by atoms with Gasteiger partial charge in [-0.25, -0.2) is 19.2 Å². The van der Waals surface area contributed by atoms with Gasteiger partial charge in [0.25, 0.3) is 0 Å². The molecule has 5 heterocycles. The van der Waals surface area contributed by atoms with Gasteiger partial charge in [0.2, 0.25) is 0 Å². The zero-order chi connectivity index (χ0) is 32.3. The first-order chi connectivity index (χ1) is 22.9. The largest absolute Gasteiger partial charge is 0.491 e. The number of likely N-dealkylation sites (tertiary alicyclic amines) is 1. The van der Waals surface area contributed by atoms with Gasteiger partial charge in [-0.3, -0.25) is 4.90 Å². The van der Waals surface area contributed by atoms with Crippen LogP contribution in [0.15, 0.2) is 42.5 Å². The summed E-state index contributed by atoms with van der Waals surface area (Å²) < 4.78 is 21.5. The highest BCUT2D eigenvalue weighted by Crippen LogP contribution is 2.39. The highest BCUT2D eigenvalue weighted by molar-refractivity contribution is 7.22. The number of carbonyl (C=O) groups is 1. The molecule has 0 saturated carbocycles. The second-order valence-electron chi connectivity index (χ2n) is 11.4. The number of halogens is 1. The minimum absolute atomic E-state index is 0.0169. The Hall–Kier alpha value is -4.64. The topological polar surface area (TPSA) is 117 Å². The first kappa shape index (κ1) is 31.0. The number of benzene rings is 2. The Morgan fingerprint density at radius 3 is 2.77 bits per heavy atom. The van der Waals surface area contributed by atoms with Crippen molar-refractivity contribution in [3.05, 3.63) is 75.5 Å². The fraction of sp³-hybridized carbons (Fsp3) is 0.324. The molecule has 7 rings (SSSR count). The summed E-state index contributed by atoms with van der Waals surface area (Å²) in [6.45, 7) is 5.72. The van der Waals surface area contributed by atoms with Crippen LogP contribution in [0.5, 0.6) is 5.75 Å². The number of carboxylic acid groups (broad SMARTS) is 1. The first-order valence-corrected chi connectivity index (χ1v) is 17.2. The van der Waals surface area contributed by atoms with Crippen LogP contribution < -0.4 is 15.0 Å². The summed E-state index contributed by atoms with van der Waals surface area (Å²) in [5.41, 5.74) is 3.58. The molecule has 3 aromatic heterocycles. The average Bonchev–Trinajstić information content (AvgIpc) is 3.66. The monoisotopic (exact) mass is 669 g/mol. The van der Waals surface area contributed by atoms with Crippen LogP contribution in [-0.2, 0) is 12.8 Å². The lowest BCUT2D eigenvalue weighted by atomic mass is 10.0. The van der Waals surface area contributed by atoms with E-state index in [0.717, 1.165) is 52.4 Å². The van der Waals surface area contributed by atoms with Gasteiger partial charge in [-0.15, -0.1) is 21.5 Å². The summed E-state index contributed by atoms with van der Waals surface area (Å²) in [6, 6.07) is 12.7. The maximum absolute atomic E-state index is 14.7. The number of aromatic carboxylic acids is 1.